The third-order valence-corrected chi connectivity index (χ3v) is 9.60. The highest BCUT2D eigenvalue weighted by molar-refractivity contribution is 5.42. The van der Waals surface area contributed by atoms with Crippen LogP contribution in [0.3, 0.4) is 0 Å². The molecule has 2 N–H and O–H groups in total. The summed E-state index contributed by atoms with van der Waals surface area (Å²) in [6.45, 7) is 10.1. The fourth-order valence-corrected chi connectivity index (χ4v) is 7.61. The lowest BCUT2D eigenvalue weighted by molar-refractivity contribution is 0.0148. The van der Waals surface area contributed by atoms with E-state index in [9.17, 15) is 10.2 Å². The molecule has 0 radical (unpaired) electrons. The summed E-state index contributed by atoms with van der Waals surface area (Å²) in [5.74, 6) is 1.99. The maximum absolute atomic E-state index is 10.3. The van der Waals surface area contributed by atoms with Crippen molar-refractivity contribution < 1.29 is 19.7 Å². The number of epoxide rings is 1. The van der Waals surface area contributed by atoms with Crippen molar-refractivity contribution in [3.63, 3.8) is 0 Å². The van der Waals surface area contributed by atoms with E-state index in [1.54, 1.807) is 5.57 Å². The molecule has 168 valence electrons. The van der Waals surface area contributed by atoms with Crippen molar-refractivity contribution in [1.82, 2.24) is 0 Å². The lowest BCUT2D eigenvalue weighted by Crippen LogP contribution is -2.49. The number of ether oxygens (including phenoxy) is 2. The standard InChI is InChI=1S/C26H40O4/c1-24(2,28)12-14-29-13-10-16-6-8-19-18-7-5-17-15-21(27)22-23(30-22)26(17,4)20(18)9-11-25(16,19)3/h5,7,16,19-23,27-28H,6,8-15H2,1-4H3/t16-,19+,20+,21-,22+,23+,25-,26+/m1/s1. The van der Waals surface area contributed by atoms with E-state index < -0.39 is 5.60 Å². The molecule has 4 heteroatoms. The SMILES string of the molecule is CC(C)(O)CCOCC[C@H]1CC[C@H]2C3=CC=C4C[C@@H](O)[C@@H]5O[C@@H]5[C@]4(C)[C@H]3CC[C@]12C. The molecule has 5 rings (SSSR count). The van der Waals surface area contributed by atoms with Crippen LogP contribution in [0.2, 0.25) is 0 Å². The highest BCUT2D eigenvalue weighted by Gasteiger charge is 2.66. The quantitative estimate of drug-likeness (QED) is 0.498. The average molecular weight is 417 g/mol. The van der Waals surface area contributed by atoms with E-state index in [0.717, 1.165) is 25.4 Å². The van der Waals surface area contributed by atoms with Gasteiger partial charge in [-0.3, -0.25) is 0 Å². The molecule has 0 aromatic heterocycles. The zero-order valence-corrected chi connectivity index (χ0v) is 19.2. The lowest BCUT2D eigenvalue weighted by atomic mass is 9.50. The predicted octanol–water partition coefficient (Wildman–Crippen LogP) is 4.40. The monoisotopic (exact) mass is 416 g/mol. The van der Waals surface area contributed by atoms with Crippen LogP contribution < -0.4 is 0 Å². The molecule has 1 aliphatic heterocycles. The van der Waals surface area contributed by atoms with Gasteiger partial charge < -0.3 is 19.7 Å². The minimum atomic E-state index is -0.641. The van der Waals surface area contributed by atoms with Crippen LogP contribution in [0.5, 0.6) is 0 Å². The molecule has 0 aromatic rings. The summed E-state index contributed by atoms with van der Waals surface area (Å²) in [6, 6.07) is 0. The molecule has 1 heterocycles. The Labute approximate surface area is 181 Å². The Hall–Kier alpha value is -0.680. The molecule has 1 saturated heterocycles. The molecule has 0 bridgehead atoms. The van der Waals surface area contributed by atoms with Crippen molar-refractivity contribution in [1.29, 1.82) is 0 Å². The largest absolute Gasteiger partial charge is 0.390 e. The smallest absolute Gasteiger partial charge is 0.111 e. The Bertz CT molecular complexity index is 749. The van der Waals surface area contributed by atoms with E-state index in [-0.39, 0.29) is 23.7 Å². The first kappa shape index (κ1) is 21.2. The molecule has 4 nitrogen and oxygen atoms in total. The molecule has 5 aliphatic rings. The molecular weight excluding hydrogens is 376 g/mol. The van der Waals surface area contributed by atoms with Crippen molar-refractivity contribution in [2.24, 2.45) is 28.6 Å². The first-order valence-electron chi connectivity index (χ1n) is 12.2. The summed E-state index contributed by atoms with van der Waals surface area (Å²) in [5.41, 5.74) is 2.92. The van der Waals surface area contributed by atoms with Gasteiger partial charge in [-0.15, -0.1) is 0 Å². The molecule has 8 atom stereocenters. The van der Waals surface area contributed by atoms with Gasteiger partial charge in [0, 0.05) is 18.6 Å². The third-order valence-electron chi connectivity index (χ3n) is 9.60. The van der Waals surface area contributed by atoms with Crippen LogP contribution in [0.1, 0.15) is 72.6 Å². The minimum absolute atomic E-state index is 0.0668. The van der Waals surface area contributed by atoms with Gasteiger partial charge in [-0.25, -0.2) is 0 Å². The van der Waals surface area contributed by atoms with Crippen molar-refractivity contribution in [2.45, 2.75) is 96.6 Å². The van der Waals surface area contributed by atoms with Gasteiger partial charge in [-0.05, 0) is 82.0 Å². The van der Waals surface area contributed by atoms with E-state index in [1.165, 1.54) is 31.3 Å². The highest BCUT2D eigenvalue weighted by atomic mass is 16.6. The van der Waals surface area contributed by atoms with Gasteiger partial charge in [0.2, 0.25) is 0 Å². The minimum Gasteiger partial charge on any atom is -0.390 e. The van der Waals surface area contributed by atoms with Crippen LogP contribution in [0, 0.1) is 28.6 Å². The van der Waals surface area contributed by atoms with Crippen LogP contribution in [0.4, 0.5) is 0 Å². The third kappa shape index (κ3) is 3.25. The van der Waals surface area contributed by atoms with Crippen molar-refractivity contribution in [3.8, 4) is 0 Å². The summed E-state index contributed by atoms with van der Waals surface area (Å²) in [7, 11) is 0. The maximum atomic E-state index is 10.3. The Balaban J connectivity index is 1.27. The molecule has 0 spiro atoms. The summed E-state index contributed by atoms with van der Waals surface area (Å²) in [6.07, 6.45) is 12.5. The summed E-state index contributed by atoms with van der Waals surface area (Å²) >= 11 is 0. The van der Waals surface area contributed by atoms with Crippen LogP contribution in [-0.2, 0) is 9.47 Å². The second-order valence-electron chi connectivity index (χ2n) is 11.8. The van der Waals surface area contributed by atoms with Gasteiger partial charge in [0.25, 0.3) is 0 Å². The Kier molecular flexibility index (Phi) is 5.06. The average Bonchev–Trinajstić information content (AvgIpc) is 3.42. The molecule has 0 unspecified atom stereocenters. The van der Waals surface area contributed by atoms with Gasteiger partial charge in [0.05, 0.1) is 17.8 Å². The summed E-state index contributed by atoms with van der Waals surface area (Å²) in [5, 5.41) is 20.2. The molecule has 3 saturated carbocycles. The fraction of sp³-hybridized carbons (Fsp3) is 0.846. The van der Waals surface area contributed by atoms with Crippen molar-refractivity contribution >= 4 is 0 Å². The van der Waals surface area contributed by atoms with Gasteiger partial charge in [0.1, 0.15) is 6.10 Å². The first-order chi connectivity index (χ1) is 14.1. The normalized spacial score (nSPS) is 46.9. The number of hydrogen-bond donors (Lipinski definition) is 2. The maximum Gasteiger partial charge on any atom is 0.111 e. The molecule has 4 aliphatic carbocycles. The highest BCUT2D eigenvalue weighted by Crippen LogP contribution is 2.67. The second kappa shape index (κ2) is 7.16. The Morgan fingerprint density at radius 1 is 1.13 bits per heavy atom. The van der Waals surface area contributed by atoms with Gasteiger partial charge >= 0.3 is 0 Å². The van der Waals surface area contributed by atoms with E-state index in [0.29, 0.717) is 30.3 Å². The fourth-order valence-electron chi connectivity index (χ4n) is 7.61. The van der Waals surface area contributed by atoms with Crippen molar-refractivity contribution in [2.75, 3.05) is 13.2 Å². The number of hydrogen-bond acceptors (Lipinski definition) is 4. The molecular formula is C26H40O4. The van der Waals surface area contributed by atoms with Gasteiger partial charge in [-0.2, -0.15) is 0 Å². The van der Waals surface area contributed by atoms with Crippen LogP contribution in [-0.4, -0.2) is 47.3 Å². The number of rotatable bonds is 6. The molecule has 4 fully saturated rings. The van der Waals surface area contributed by atoms with Crippen molar-refractivity contribution in [3.05, 3.63) is 23.3 Å². The van der Waals surface area contributed by atoms with E-state index in [4.69, 9.17) is 9.47 Å². The van der Waals surface area contributed by atoms with Crippen LogP contribution >= 0.6 is 0 Å². The molecule has 0 aromatic carbocycles. The van der Waals surface area contributed by atoms with E-state index >= 15 is 0 Å². The predicted molar refractivity (Wildman–Crippen MR) is 117 cm³/mol. The zero-order valence-electron chi connectivity index (χ0n) is 19.2. The molecule has 0 amide bonds. The molecule has 30 heavy (non-hydrogen) atoms. The Morgan fingerprint density at radius 2 is 1.93 bits per heavy atom. The van der Waals surface area contributed by atoms with Gasteiger partial charge in [-0.1, -0.05) is 37.1 Å². The number of allylic oxidation sites excluding steroid dienone is 3. The van der Waals surface area contributed by atoms with E-state index in [1.807, 2.05) is 13.8 Å². The second-order valence-corrected chi connectivity index (χ2v) is 11.8. The topological polar surface area (TPSA) is 62.2 Å². The number of aliphatic hydroxyl groups excluding tert-OH is 1. The van der Waals surface area contributed by atoms with E-state index in [2.05, 4.69) is 26.0 Å². The summed E-state index contributed by atoms with van der Waals surface area (Å²) in [4.78, 5) is 0. The number of aliphatic hydroxyl groups is 2. The lowest BCUT2D eigenvalue weighted by Gasteiger charge is -2.53. The van der Waals surface area contributed by atoms with Crippen LogP contribution in [0.15, 0.2) is 23.3 Å². The zero-order chi connectivity index (χ0) is 21.3. The van der Waals surface area contributed by atoms with Gasteiger partial charge in [0.15, 0.2) is 0 Å². The number of fused-ring (bicyclic) bond motifs is 7. The first-order valence-corrected chi connectivity index (χ1v) is 12.2. The van der Waals surface area contributed by atoms with Crippen LogP contribution in [0.25, 0.3) is 0 Å². The Morgan fingerprint density at radius 3 is 2.70 bits per heavy atom. The summed E-state index contributed by atoms with van der Waals surface area (Å²) < 4.78 is 11.9.